The van der Waals surface area contributed by atoms with E-state index >= 15 is 0 Å². The Morgan fingerprint density at radius 3 is 2.54 bits per heavy atom. The van der Waals surface area contributed by atoms with E-state index in [2.05, 4.69) is 10.1 Å². The van der Waals surface area contributed by atoms with Crippen LogP contribution < -0.4 is 14.8 Å². The number of esters is 1. The first kappa shape index (κ1) is 21.3. The number of methoxy groups -OCH3 is 2. The molecule has 28 heavy (non-hydrogen) atoms. The summed E-state index contributed by atoms with van der Waals surface area (Å²) in [7, 11) is 2.80. The number of carbonyl (C=O) groups excluding carboxylic acids is 2. The predicted molar refractivity (Wildman–Crippen MR) is 109 cm³/mol. The topological polar surface area (TPSA) is 73.9 Å². The van der Waals surface area contributed by atoms with Crippen LogP contribution >= 0.6 is 11.6 Å². The van der Waals surface area contributed by atoms with Crippen molar-refractivity contribution in [3.05, 3.63) is 58.6 Å². The van der Waals surface area contributed by atoms with Crippen LogP contribution in [0.5, 0.6) is 11.5 Å². The summed E-state index contributed by atoms with van der Waals surface area (Å²) in [5.74, 6) is 0.0664. The Morgan fingerprint density at radius 1 is 1.11 bits per heavy atom. The second kappa shape index (κ2) is 9.80. The highest BCUT2D eigenvalue weighted by Gasteiger charge is 2.18. The Labute approximate surface area is 169 Å². The van der Waals surface area contributed by atoms with E-state index in [0.717, 1.165) is 11.1 Å². The SMILES string of the molecule is COC(=O)/C=C/c1ccc(OC(C)C(=O)Nc2cc(Cl)ccc2C)c(OC)c1. The van der Waals surface area contributed by atoms with Crippen LogP contribution in [0, 0.1) is 6.92 Å². The molecule has 7 heteroatoms. The van der Waals surface area contributed by atoms with Gasteiger partial charge in [0.25, 0.3) is 5.91 Å². The van der Waals surface area contributed by atoms with E-state index in [4.69, 9.17) is 21.1 Å². The minimum absolute atomic E-state index is 0.318. The molecule has 0 aliphatic rings. The first-order valence-corrected chi connectivity index (χ1v) is 8.89. The van der Waals surface area contributed by atoms with Crippen LogP contribution in [0.15, 0.2) is 42.5 Å². The van der Waals surface area contributed by atoms with Crippen molar-refractivity contribution in [2.24, 2.45) is 0 Å². The third kappa shape index (κ3) is 5.76. The average Bonchev–Trinajstić information content (AvgIpc) is 2.69. The van der Waals surface area contributed by atoms with Gasteiger partial charge in [-0.05, 0) is 55.3 Å². The van der Waals surface area contributed by atoms with Crippen LogP contribution in [0.4, 0.5) is 5.69 Å². The zero-order valence-electron chi connectivity index (χ0n) is 16.1. The lowest BCUT2D eigenvalue weighted by Crippen LogP contribution is -2.30. The summed E-state index contributed by atoms with van der Waals surface area (Å²) in [5.41, 5.74) is 2.24. The molecule has 2 aromatic rings. The maximum Gasteiger partial charge on any atom is 0.330 e. The van der Waals surface area contributed by atoms with Crippen molar-refractivity contribution in [2.45, 2.75) is 20.0 Å². The lowest BCUT2D eigenvalue weighted by atomic mass is 10.2. The van der Waals surface area contributed by atoms with E-state index in [1.807, 2.05) is 13.0 Å². The highest BCUT2D eigenvalue weighted by atomic mass is 35.5. The number of hydrogen-bond acceptors (Lipinski definition) is 5. The van der Waals surface area contributed by atoms with Gasteiger partial charge in [0.15, 0.2) is 17.6 Å². The molecule has 0 bridgehead atoms. The fourth-order valence-corrected chi connectivity index (χ4v) is 2.50. The molecule has 0 radical (unpaired) electrons. The van der Waals surface area contributed by atoms with Gasteiger partial charge >= 0.3 is 5.97 Å². The lowest BCUT2D eigenvalue weighted by molar-refractivity contribution is -0.134. The van der Waals surface area contributed by atoms with Crippen molar-refractivity contribution in [1.82, 2.24) is 0 Å². The largest absolute Gasteiger partial charge is 0.493 e. The van der Waals surface area contributed by atoms with E-state index in [9.17, 15) is 9.59 Å². The van der Waals surface area contributed by atoms with E-state index in [1.165, 1.54) is 20.3 Å². The summed E-state index contributed by atoms with van der Waals surface area (Å²) >= 11 is 5.98. The van der Waals surface area contributed by atoms with Crippen molar-refractivity contribution < 1.29 is 23.8 Å². The molecule has 1 unspecified atom stereocenters. The molecule has 0 spiro atoms. The molecule has 0 saturated heterocycles. The third-order valence-electron chi connectivity index (χ3n) is 3.93. The Bertz CT molecular complexity index is 894. The Hall–Kier alpha value is -2.99. The monoisotopic (exact) mass is 403 g/mol. The number of nitrogens with one attached hydrogen (secondary N) is 1. The van der Waals surface area contributed by atoms with Gasteiger partial charge in [-0.3, -0.25) is 4.79 Å². The maximum absolute atomic E-state index is 12.5. The number of aryl methyl sites for hydroxylation is 1. The lowest BCUT2D eigenvalue weighted by Gasteiger charge is -2.18. The number of anilines is 1. The van der Waals surface area contributed by atoms with E-state index < -0.39 is 12.1 Å². The van der Waals surface area contributed by atoms with Crippen LogP contribution in [0.1, 0.15) is 18.1 Å². The summed E-state index contributed by atoms with van der Waals surface area (Å²) in [6, 6.07) is 10.4. The Kier molecular flexibility index (Phi) is 7.46. The van der Waals surface area contributed by atoms with Gasteiger partial charge in [0.1, 0.15) is 0 Å². The minimum atomic E-state index is -0.774. The predicted octanol–water partition coefficient (Wildman–Crippen LogP) is 4.25. The third-order valence-corrected chi connectivity index (χ3v) is 4.17. The highest BCUT2D eigenvalue weighted by Crippen LogP contribution is 2.30. The molecule has 6 nitrogen and oxygen atoms in total. The van der Waals surface area contributed by atoms with Crippen LogP contribution in [0.3, 0.4) is 0 Å². The standard InChI is InChI=1S/C21H22ClNO5/c1-13-5-8-16(22)12-17(13)23-21(25)14(2)28-18-9-6-15(11-19(18)26-3)7-10-20(24)27-4/h5-12,14H,1-4H3,(H,23,25)/b10-7+. The van der Waals surface area contributed by atoms with Crippen LogP contribution in [-0.2, 0) is 14.3 Å². The molecule has 148 valence electrons. The number of amides is 1. The van der Waals surface area contributed by atoms with Gasteiger partial charge in [-0.15, -0.1) is 0 Å². The van der Waals surface area contributed by atoms with Gasteiger partial charge in [-0.2, -0.15) is 0 Å². The summed E-state index contributed by atoms with van der Waals surface area (Å²) < 4.78 is 15.6. The fourth-order valence-electron chi connectivity index (χ4n) is 2.32. The first-order valence-electron chi connectivity index (χ1n) is 8.51. The second-order valence-corrected chi connectivity index (χ2v) is 6.41. The second-order valence-electron chi connectivity index (χ2n) is 5.98. The zero-order chi connectivity index (χ0) is 20.7. The molecule has 0 saturated carbocycles. The van der Waals surface area contributed by atoms with E-state index in [0.29, 0.717) is 22.2 Å². The smallest absolute Gasteiger partial charge is 0.330 e. The number of ether oxygens (including phenoxy) is 3. The quantitative estimate of drug-likeness (QED) is 0.552. The van der Waals surface area contributed by atoms with Crippen molar-refractivity contribution in [3.63, 3.8) is 0 Å². The number of halogens is 1. The molecule has 0 fully saturated rings. The molecule has 2 aromatic carbocycles. The molecule has 2 rings (SSSR count). The van der Waals surface area contributed by atoms with E-state index in [1.54, 1.807) is 43.3 Å². The van der Waals surface area contributed by atoms with Crippen LogP contribution in [0.25, 0.3) is 6.08 Å². The summed E-state index contributed by atoms with van der Waals surface area (Å²) in [6.07, 6.45) is 2.12. The van der Waals surface area contributed by atoms with Crippen molar-refractivity contribution in [3.8, 4) is 11.5 Å². The summed E-state index contributed by atoms with van der Waals surface area (Å²) in [5, 5.41) is 3.34. The average molecular weight is 404 g/mol. The molecule has 0 aliphatic carbocycles. The minimum Gasteiger partial charge on any atom is -0.493 e. The molecule has 0 aliphatic heterocycles. The molecule has 0 aromatic heterocycles. The van der Waals surface area contributed by atoms with Gasteiger partial charge in [0, 0.05) is 16.8 Å². The van der Waals surface area contributed by atoms with Gasteiger partial charge in [0.05, 0.1) is 14.2 Å². The number of benzene rings is 2. The van der Waals surface area contributed by atoms with Crippen LogP contribution in [0.2, 0.25) is 5.02 Å². The molecule has 0 heterocycles. The Balaban J connectivity index is 2.10. The van der Waals surface area contributed by atoms with Crippen molar-refractivity contribution in [2.75, 3.05) is 19.5 Å². The first-order chi connectivity index (χ1) is 13.3. The van der Waals surface area contributed by atoms with Crippen molar-refractivity contribution in [1.29, 1.82) is 0 Å². The molecule has 1 amide bonds. The number of rotatable bonds is 7. The van der Waals surface area contributed by atoms with Gasteiger partial charge in [-0.1, -0.05) is 23.7 Å². The molecular weight excluding hydrogens is 382 g/mol. The molecule has 1 N–H and O–H groups in total. The maximum atomic E-state index is 12.5. The fraction of sp³-hybridized carbons (Fsp3) is 0.238. The number of hydrogen-bond donors (Lipinski definition) is 1. The van der Waals surface area contributed by atoms with Crippen molar-refractivity contribution >= 4 is 35.2 Å². The summed E-state index contributed by atoms with van der Waals surface area (Å²) in [6.45, 7) is 3.51. The number of carbonyl (C=O) groups is 2. The normalized spacial score (nSPS) is 11.8. The zero-order valence-corrected chi connectivity index (χ0v) is 16.9. The summed E-state index contributed by atoms with van der Waals surface area (Å²) in [4.78, 5) is 23.7. The molecular formula is C21H22ClNO5. The Morgan fingerprint density at radius 2 is 1.86 bits per heavy atom. The van der Waals surface area contributed by atoms with E-state index in [-0.39, 0.29) is 5.91 Å². The molecule has 1 atom stereocenters. The van der Waals surface area contributed by atoms with Gasteiger partial charge in [-0.25, -0.2) is 4.79 Å². The highest BCUT2D eigenvalue weighted by molar-refractivity contribution is 6.31. The van der Waals surface area contributed by atoms with Crippen LogP contribution in [-0.4, -0.2) is 32.2 Å². The van der Waals surface area contributed by atoms with Gasteiger partial charge < -0.3 is 19.5 Å². The van der Waals surface area contributed by atoms with Gasteiger partial charge in [0.2, 0.25) is 0 Å².